The lowest BCUT2D eigenvalue weighted by atomic mass is 10.1. The van der Waals surface area contributed by atoms with E-state index in [4.69, 9.17) is 0 Å². The lowest BCUT2D eigenvalue weighted by molar-refractivity contribution is 0.471. The van der Waals surface area contributed by atoms with Gasteiger partial charge < -0.3 is 5.11 Å². The van der Waals surface area contributed by atoms with E-state index in [0.29, 0.717) is 16.9 Å². The number of phenolic OH excluding ortho intramolecular Hbond substituents is 1. The Morgan fingerprint density at radius 2 is 2.13 bits per heavy atom. The van der Waals surface area contributed by atoms with Gasteiger partial charge in [0.15, 0.2) is 0 Å². The number of sulfone groups is 1. The van der Waals surface area contributed by atoms with Crippen LogP contribution in [0.5, 0.6) is 5.75 Å². The largest absolute Gasteiger partial charge is 0.507 e. The Bertz CT molecular complexity index is 530. The highest BCUT2D eigenvalue weighted by Crippen LogP contribution is 2.39. The van der Waals surface area contributed by atoms with E-state index >= 15 is 0 Å². The van der Waals surface area contributed by atoms with Crippen molar-refractivity contribution in [3.05, 3.63) is 29.2 Å². The summed E-state index contributed by atoms with van der Waals surface area (Å²) in [6.07, 6.45) is 1.89. The first-order chi connectivity index (χ1) is 7.06. The molecule has 0 aliphatic carbocycles. The molecule has 0 aromatic heterocycles. The minimum atomic E-state index is -3.33. The van der Waals surface area contributed by atoms with Crippen LogP contribution >= 0.6 is 11.8 Å². The van der Waals surface area contributed by atoms with E-state index in [1.807, 2.05) is 6.26 Å². The maximum atomic E-state index is 11.7. The average molecular weight is 242 g/mol. The third kappa shape index (κ3) is 1.66. The van der Waals surface area contributed by atoms with Crippen LogP contribution in [0.1, 0.15) is 5.56 Å². The van der Waals surface area contributed by atoms with Gasteiger partial charge in [0, 0.05) is 16.7 Å². The SMILES string of the molecule is CSCC1=CS(=O)(=O)c2cccc(O)c21. The Kier molecular flexibility index (Phi) is 2.52. The van der Waals surface area contributed by atoms with Crippen molar-refractivity contribution in [3.63, 3.8) is 0 Å². The van der Waals surface area contributed by atoms with Crippen LogP contribution in [0.3, 0.4) is 0 Å². The summed E-state index contributed by atoms with van der Waals surface area (Å²) < 4.78 is 23.4. The molecule has 0 fully saturated rings. The Morgan fingerprint density at radius 1 is 1.40 bits per heavy atom. The van der Waals surface area contributed by atoms with Gasteiger partial charge in [0.05, 0.1) is 4.90 Å². The molecule has 1 aromatic rings. The Hall–Kier alpha value is -0.940. The minimum absolute atomic E-state index is 0.0360. The van der Waals surface area contributed by atoms with Crippen LogP contribution in [0.4, 0.5) is 0 Å². The molecule has 80 valence electrons. The molecule has 0 unspecified atom stereocenters. The van der Waals surface area contributed by atoms with Crippen molar-refractivity contribution in [1.82, 2.24) is 0 Å². The molecule has 0 amide bonds. The maximum absolute atomic E-state index is 11.7. The van der Waals surface area contributed by atoms with Crippen molar-refractivity contribution in [2.45, 2.75) is 4.90 Å². The summed E-state index contributed by atoms with van der Waals surface area (Å²) in [5, 5.41) is 10.9. The van der Waals surface area contributed by atoms with Crippen molar-refractivity contribution in [1.29, 1.82) is 0 Å². The van der Waals surface area contributed by atoms with Gasteiger partial charge in [0.1, 0.15) is 5.75 Å². The molecule has 5 heteroatoms. The van der Waals surface area contributed by atoms with Gasteiger partial charge in [-0.15, -0.1) is 0 Å². The van der Waals surface area contributed by atoms with Gasteiger partial charge in [-0.25, -0.2) is 8.42 Å². The smallest absolute Gasteiger partial charge is 0.200 e. The summed E-state index contributed by atoms with van der Waals surface area (Å²) in [4.78, 5) is 0.214. The first-order valence-corrected chi connectivity index (χ1v) is 7.27. The van der Waals surface area contributed by atoms with Crippen LogP contribution in [0.15, 0.2) is 28.5 Å². The number of hydrogen-bond acceptors (Lipinski definition) is 4. The van der Waals surface area contributed by atoms with Crippen molar-refractivity contribution >= 4 is 27.2 Å². The van der Waals surface area contributed by atoms with Gasteiger partial charge in [-0.2, -0.15) is 11.8 Å². The average Bonchev–Trinajstić information content (AvgIpc) is 2.41. The Labute approximate surface area is 92.7 Å². The van der Waals surface area contributed by atoms with Crippen LogP contribution in [0, 0.1) is 0 Å². The standard InChI is InChI=1S/C10H10O3S2/c1-14-5-7-6-15(12,13)9-4-2-3-8(11)10(7)9/h2-4,6,11H,5H2,1H3. The molecule has 0 atom stereocenters. The summed E-state index contributed by atoms with van der Waals surface area (Å²) in [5.41, 5.74) is 1.14. The molecule has 3 nitrogen and oxygen atoms in total. The zero-order valence-electron chi connectivity index (χ0n) is 8.10. The number of fused-ring (bicyclic) bond motifs is 1. The highest BCUT2D eigenvalue weighted by atomic mass is 32.2. The molecule has 1 aliphatic rings. The first-order valence-electron chi connectivity index (χ1n) is 4.33. The number of phenols is 1. The van der Waals surface area contributed by atoms with Crippen LogP contribution in [0.2, 0.25) is 0 Å². The number of thioether (sulfide) groups is 1. The molecule has 0 saturated carbocycles. The number of benzene rings is 1. The monoisotopic (exact) mass is 242 g/mol. The first kappa shape index (κ1) is 10.6. The fourth-order valence-corrected chi connectivity index (χ4v) is 3.79. The molecule has 1 heterocycles. The second kappa shape index (κ2) is 3.57. The number of rotatable bonds is 2. The van der Waals surface area contributed by atoms with E-state index in [9.17, 15) is 13.5 Å². The lowest BCUT2D eigenvalue weighted by Gasteiger charge is -2.04. The second-order valence-corrected chi connectivity index (χ2v) is 5.90. The summed E-state index contributed by atoms with van der Waals surface area (Å²) in [5.74, 6) is 0.623. The number of aromatic hydroxyl groups is 1. The van der Waals surface area contributed by atoms with Gasteiger partial charge in [0.2, 0.25) is 9.84 Å². The third-order valence-electron chi connectivity index (χ3n) is 2.23. The summed E-state index contributed by atoms with van der Waals surface area (Å²) in [6.45, 7) is 0. The van der Waals surface area contributed by atoms with E-state index in [0.717, 1.165) is 0 Å². The fourth-order valence-electron chi connectivity index (χ4n) is 1.65. The molecular weight excluding hydrogens is 232 g/mol. The van der Waals surface area contributed by atoms with E-state index in [1.165, 1.54) is 29.3 Å². The fraction of sp³-hybridized carbons (Fsp3) is 0.200. The van der Waals surface area contributed by atoms with Gasteiger partial charge in [-0.05, 0) is 24.0 Å². The maximum Gasteiger partial charge on any atom is 0.200 e. The van der Waals surface area contributed by atoms with E-state index < -0.39 is 9.84 Å². The molecule has 1 aromatic carbocycles. The van der Waals surface area contributed by atoms with E-state index in [2.05, 4.69) is 0 Å². The van der Waals surface area contributed by atoms with Crippen LogP contribution < -0.4 is 0 Å². The third-order valence-corrected chi connectivity index (χ3v) is 4.38. The Balaban J connectivity index is 2.69. The van der Waals surface area contributed by atoms with Gasteiger partial charge >= 0.3 is 0 Å². The molecular formula is C10H10O3S2. The van der Waals surface area contributed by atoms with E-state index in [1.54, 1.807) is 6.07 Å². The van der Waals surface area contributed by atoms with Crippen LogP contribution in [-0.4, -0.2) is 25.5 Å². The topological polar surface area (TPSA) is 54.4 Å². The Morgan fingerprint density at radius 3 is 2.80 bits per heavy atom. The van der Waals surface area contributed by atoms with Crippen LogP contribution in [-0.2, 0) is 9.84 Å². The normalized spacial score (nSPS) is 17.3. The van der Waals surface area contributed by atoms with Crippen molar-refractivity contribution in [2.75, 3.05) is 12.0 Å². The van der Waals surface area contributed by atoms with E-state index in [-0.39, 0.29) is 10.6 Å². The van der Waals surface area contributed by atoms with Crippen molar-refractivity contribution < 1.29 is 13.5 Å². The molecule has 0 radical (unpaired) electrons. The molecule has 0 spiro atoms. The van der Waals surface area contributed by atoms with Crippen molar-refractivity contribution in [3.8, 4) is 5.75 Å². The molecule has 15 heavy (non-hydrogen) atoms. The quantitative estimate of drug-likeness (QED) is 0.860. The molecule has 0 saturated heterocycles. The highest BCUT2D eigenvalue weighted by molar-refractivity contribution is 7.99. The molecule has 1 N–H and O–H groups in total. The predicted molar refractivity (Wildman–Crippen MR) is 61.7 cm³/mol. The number of hydrogen-bond donors (Lipinski definition) is 1. The molecule has 2 rings (SSSR count). The predicted octanol–water partition coefficient (Wildman–Crippen LogP) is 1.88. The second-order valence-electron chi connectivity index (χ2n) is 3.27. The summed E-state index contributed by atoms with van der Waals surface area (Å²) in [6, 6.07) is 4.57. The van der Waals surface area contributed by atoms with Crippen LogP contribution in [0.25, 0.3) is 5.57 Å². The van der Waals surface area contributed by atoms with Gasteiger partial charge in [-0.3, -0.25) is 0 Å². The van der Waals surface area contributed by atoms with Gasteiger partial charge in [0.25, 0.3) is 0 Å². The van der Waals surface area contributed by atoms with Crippen molar-refractivity contribution in [2.24, 2.45) is 0 Å². The zero-order valence-corrected chi connectivity index (χ0v) is 9.73. The van der Waals surface area contributed by atoms with Gasteiger partial charge in [-0.1, -0.05) is 6.07 Å². The zero-order chi connectivity index (χ0) is 11.1. The molecule has 0 bridgehead atoms. The summed E-state index contributed by atoms with van der Waals surface area (Å²) in [7, 11) is -3.33. The highest BCUT2D eigenvalue weighted by Gasteiger charge is 2.28. The summed E-state index contributed by atoms with van der Waals surface area (Å²) >= 11 is 1.53. The molecule has 1 aliphatic heterocycles. The minimum Gasteiger partial charge on any atom is -0.507 e. The lowest BCUT2D eigenvalue weighted by Crippen LogP contribution is -1.92.